The highest BCUT2D eigenvalue weighted by Crippen LogP contribution is 2.16. The number of likely N-dealkylation sites (N-methyl/N-ethyl adjacent to an activating group) is 1. The number of carbonyl (C=O) groups is 3. The number of carboxylic acids is 1. The predicted molar refractivity (Wildman–Crippen MR) is 350 cm³/mol. The van der Waals surface area contributed by atoms with E-state index in [0.29, 0.717) is 23.9 Å². The van der Waals surface area contributed by atoms with Crippen molar-refractivity contribution in [2.24, 2.45) is 0 Å². The Balaban J connectivity index is 4.10. The number of esters is 2. The Kier molecular flexibility index (Phi) is 59.9. The van der Waals surface area contributed by atoms with Gasteiger partial charge in [0.05, 0.1) is 34.4 Å². The Bertz CT molecular complexity index is 1710. The van der Waals surface area contributed by atoms with Gasteiger partial charge in [0.1, 0.15) is 13.2 Å². The number of hydrogen-bond donors (Lipinski definition) is 1. The highest BCUT2D eigenvalue weighted by Gasteiger charge is 2.25. The minimum absolute atomic E-state index is 0.184. The van der Waals surface area contributed by atoms with Crippen molar-refractivity contribution < 1.29 is 42.9 Å². The molecule has 0 saturated carbocycles. The third-order valence-corrected chi connectivity index (χ3v) is 14.3. The van der Waals surface area contributed by atoms with Gasteiger partial charge in [-0.05, 0) is 103 Å². The van der Waals surface area contributed by atoms with Crippen LogP contribution in [-0.4, -0.2) is 87.4 Å². The van der Waals surface area contributed by atoms with Crippen molar-refractivity contribution in [1.29, 1.82) is 0 Å². The smallest absolute Gasteiger partial charge is 0.361 e. The van der Waals surface area contributed by atoms with Crippen LogP contribution in [0.4, 0.5) is 0 Å². The molecule has 0 saturated heterocycles. The van der Waals surface area contributed by atoms with Crippen molar-refractivity contribution in [2.75, 3.05) is 47.5 Å². The average molecular weight is 1150 g/mol. The average Bonchev–Trinajstić information content (AvgIpc) is 3.45. The summed E-state index contributed by atoms with van der Waals surface area (Å²) in [6.07, 6.45) is 84.8. The fourth-order valence-corrected chi connectivity index (χ4v) is 9.14. The topological polar surface area (TPSA) is 108 Å². The standard InChI is InChI=1S/C73H125NO8/c1-6-8-10-12-14-16-18-20-22-24-26-27-28-29-30-31-32-33-34-35-36-37-38-39-40-41-42-43-44-45-46-48-50-52-54-56-58-60-62-64-71(76)82-69(68-81-73(72(77)78)79-66-65-74(3,4)5)67-80-70(75)63-61-59-57-55-53-51-49-47-25-23-21-19-17-15-13-11-9-7-2/h8,10,14,16,20,22-23,25-27,29-30,32-33,35-36,38-39,69,73H,6-7,9,11-13,15,17-19,21,24,28,31,34,37,40-68H2,1-5H3/p+1/b10-8-,16-14-,22-20-,25-23-,27-26-,30-29-,33-32-,36-35-,39-38-. The van der Waals surface area contributed by atoms with E-state index >= 15 is 0 Å². The summed E-state index contributed by atoms with van der Waals surface area (Å²) in [6.45, 7) is 4.77. The number of ether oxygens (including phenoxy) is 4. The third-order valence-electron chi connectivity index (χ3n) is 14.3. The number of quaternary nitrogens is 1. The Morgan fingerprint density at radius 2 is 0.695 bits per heavy atom. The molecule has 0 aromatic heterocycles. The van der Waals surface area contributed by atoms with Crippen LogP contribution in [0.5, 0.6) is 0 Å². The minimum Gasteiger partial charge on any atom is -0.477 e. The van der Waals surface area contributed by atoms with Crippen LogP contribution in [0.25, 0.3) is 0 Å². The largest absolute Gasteiger partial charge is 0.477 e. The van der Waals surface area contributed by atoms with Crippen LogP contribution in [0, 0.1) is 0 Å². The summed E-state index contributed by atoms with van der Waals surface area (Å²) in [5.74, 6) is -2.01. The molecular weight excluding hydrogens is 1020 g/mol. The molecule has 0 fully saturated rings. The fourth-order valence-electron chi connectivity index (χ4n) is 9.14. The second-order valence-electron chi connectivity index (χ2n) is 23.4. The lowest BCUT2D eigenvalue weighted by molar-refractivity contribution is -0.870. The first-order valence-electron chi connectivity index (χ1n) is 33.6. The summed E-state index contributed by atoms with van der Waals surface area (Å²) in [5.41, 5.74) is 0. The quantitative estimate of drug-likeness (QED) is 0.0211. The predicted octanol–water partition coefficient (Wildman–Crippen LogP) is 20.6. The van der Waals surface area contributed by atoms with Crippen LogP contribution in [0.2, 0.25) is 0 Å². The second-order valence-corrected chi connectivity index (χ2v) is 23.4. The van der Waals surface area contributed by atoms with E-state index in [1.54, 1.807) is 0 Å². The van der Waals surface area contributed by atoms with Crippen molar-refractivity contribution >= 4 is 17.9 Å². The molecule has 0 aliphatic rings. The molecule has 0 heterocycles. The van der Waals surface area contributed by atoms with Gasteiger partial charge in [0.15, 0.2) is 6.10 Å². The molecule has 0 aromatic carbocycles. The molecule has 0 rings (SSSR count). The molecule has 2 atom stereocenters. The fraction of sp³-hybridized carbons (Fsp3) is 0.712. The van der Waals surface area contributed by atoms with Crippen LogP contribution < -0.4 is 0 Å². The molecule has 0 amide bonds. The molecule has 2 unspecified atom stereocenters. The van der Waals surface area contributed by atoms with E-state index in [2.05, 4.69) is 123 Å². The molecule has 0 bridgehead atoms. The molecule has 0 aromatic rings. The SMILES string of the molecule is CC/C=C\C/C=C\C/C=C\C/C=C\C/C=C\C/C=C\C/C=C\C/C=C\CCCCCCCCCCCCCCCCC(=O)OC(COC(=O)CCCCCCCCC/C=C\CCCCCCCCC)COC(OCC[N+](C)(C)C)C(=O)O. The number of nitrogens with zero attached hydrogens (tertiary/aromatic N) is 1. The van der Waals surface area contributed by atoms with E-state index in [1.165, 1.54) is 161 Å². The summed E-state index contributed by atoms with van der Waals surface area (Å²) in [7, 11) is 5.97. The maximum Gasteiger partial charge on any atom is 0.361 e. The highest BCUT2D eigenvalue weighted by atomic mass is 16.7. The zero-order chi connectivity index (χ0) is 59.8. The van der Waals surface area contributed by atoms with E-state index in [9.17, 15) is 19.5 Å². The Hall–Kier alpha value is -4.05. The monoisotopic (exact) mass is 1140 g/mol. The number of aliphatic carboxylic acids is 1. The molecule has 82 heavy (non-hydrogen) atoms. The van der Waals surface area contributed by atoms with Crippen LogP contribution >= 0.6 is 0 Å². The van der Waals surface area contributed by atoms with Gasteiger partial charge in [0.2, 0.25) is 0 Å². The van der Waals surface area contributed by atoms with Crippen LogP contribution in [0.3, 0.4) is 0 Å². The third kappa shape index (κ3) is 63.5. The summed E-state index contributed by atoms with van der Waals surface area (Å²) in [4.78, 5) is 37.5. The van der Waals surface area contributed by atoms with E-state index < -0.39 is 24.3 Å². The summed E-state index contributed by atoms with van der Waals surface area (Å²) >= 11 is 0. The Labute approximate surface area is 505 Å². The zero-order valence-electron chi connectivity index (χ0n) is 53.6. The van der Waals surface area contributed by atoms with E-state index in [4.69, 9.17) is 18.9 Å². The lowest BCUT2D eigenvalue weighted by Crippen LogP contribution is -2.40. The molecule has 0 radical (unpaired) electrons. The van der Waals surface area contributed by atoms with Crippen molar-refractivity contribution in [3.63, 3.8) is 0 Å². The van der Waals surface area contributed by atoms with Gasteiger partial charge in [-0.15, -0.1) is 0 Å². The Morgan fingerprint density at radius 3 is 1.05 bits per heavy atom. The number of allylic oxidation sites excluding steroid dienone is 18. The van der Waals surface area contributed by atoms with Gasteiger partial charge >= 0.3 is 17.9 Å². The van der Waals surface area contributed by atoms with Crippen molar-refractivity contribution in [1.82, 2.24) is 0 Å². The first kappa shape index (κ1) is 78.0. The van der Waals surface area contributed by atoms with Crippen LogP contribution in [0.15, 0.2) is 109 Å². The zero-order valence-corrected chi connectivity index (χ0v) is 53.6. The van der Waals surface area contributed by atoms with Crippen molar-refractivity contribution in [3.05, 3.63) is 109 Å². The summed E-state index contributed by atoms with van der Waals surface area (Å²) in [5, 5.41) is 9.73. The van der Waals surface area contributed by atoms with Crippen molar-refractivity contribution in [3.8, 4) is 0 Å². The number of unbranched alkanes of at least 4 members (excludes halogenated alkanes) is 28. The summed E-state index contributed by atoms with van der Waals surface area (Å²) in [6, 6.07) is 0. The van der Waals surface area contributed by atoms with Gasteiger partial charge in [-0.3, -0.25) is 9.59 Å². The molecule has 9 nitrogen and oxygen atoms in total. The van der Waals surface area contributed by atoms with Gasteiger partial charge in [0, 0.05) is 12.8 Å². The molecule has 0 spiro atoms. The maximum atomic E-state index is 12.9. The number of hydrogen-bond acceptors (Lipinski definition) is 7. The molecule has 470 valence electrons. The van der Waals surface area contributed by atoms with Gasteiger partial charge in [-0.25, -0.2) is 4.79 Å². The molecule has 0 aliphatic heterocycles. The van der Waals surface area contributed by atoms with Crippen LogP contribution in [0.1, 0.15) is 277 Å². The normalized spacial score (nSPS) is 13.4. The first-order chi connectivity index (χ1) is 40.1. The highest BCUT2D eigenvalue weighted by molar-refractivity contribution is 5.71. The molecule has 1 N–H and O–H groups in total. The van der Waals surface area contributed by atoms with Gasteiger partial charge in [-0.1, -0.05) is 271 Å². The molecule has 9 heteroatoms. The van der Waals surface area contributed by atoms with Crippen molar-refractivity contribution in [2.45, 2.75) is 289 Å². The van der Waals surface area contributed by atoms with E-state index in [1.807, 2.05) is 21.1 Å². The van der Waals surface area contributed by atoms with Gasteiger partial charge < -0.3 is 28.5 Å². The minimum atomic E-state index is -1.52. The van der Waals surface area contributed by atoms with E-state index in [-0.39, 0.29) is 32.2 Å². The number of rotatable bonds is 61. The second kappa shape index (κ2) is 63.0. The van der Waals surface area contributed by atoms with Gasteiger partial charge in [-0.2, -0.15) is 0 Å². The first-order valence-corrected chi connectivity index (χ1v) is 33.6. The lowest BCUT2D eigenvalue weighted by atomic mass is 10.0. The Morgan fingerprint density at radius 1 is 0.378 bits per heavy atom. The maximum absolute atomic E-state index is 12.9. The van der Waals surface area contributed by atoms with Crippen LogP contribution in [-0.2, 0) is 33.3 Å². The van der Waals surface area contributed by atoms with E-state index in [0.717, 1.165) is 83.5 Å². The van der Waals surface area contributed by atoms with Gasteiger partial charge in [0.25, 0.3) is 6.29 Å². The molecular formula is C73H126NO8+. The summed E-state index contributed by atoms with van der Waals surface area (Å²) < 4.78 is 22.9. The number of carboxylic acid groups (broad SMARTS) is 1. The number of carbonyl (C=O) groups excluding carboxylic acids is 2. The lowest BCUT2D eigenvalue weighted by Gasteiger charge is -2.25. The molecule has 0 aliphatic carbocycles.